The number of nitrogens with one attached hydrogen (secondary N) is 1. The normalized spacial score (nSPS) is 17.8. The monoisotopic (exact) mass is 388 g/mol. The van der Waals surface area contributed by atoms with Crippen molar-refractivity contribution in [2.24, 2.45) is 0 Å². The SMILES string of the molecule is Cc1ccc(C)c(-n2cc(CN3CCC(=O)NC[C@H]3C)c(-c3ccccc3)n2)c1. The molecule has 5 nitrogen and oxygen atoms in total. The van der Waals surface area contributed by atoms with E-state index in [1.807, 2.05) is 22.9 Å². The van der Waals surface area contributed by atoms with Crippen LogP contribution in [0.1, 0.15) is 30.0 Å². The van der Waals surface area contributed by atoms with Crippen molar-refractivity contribution in [2.45, 2.75) is 39.8 Å². The molecule has 29 heavy (non-hydrogen) atoms. The van der Waals surface area contributed by atoms with Crippen LogP contribution in [-0.2, 0) is 11.3 Å². The van der Waals surface area contributed by atoms with Crippen LogP contribution >= 0.6 is 0 Å². The molecule has 0 bridgehead atoms. The summed E-state index contributed by atoms with van der Waals surface area (Å²) in [5.74, 6) is 0.133. The molecule has 4 rings (SSSR count). The van der Waals surface area contributed by atoms with Gasteiger partial charge in [0, 0.05) is 49.4 Å². The quantitative estimate of drug-likeness (QED) is 0.738. The number of aromatic nitrogens is 2. The van der Waals surface area contributed by atoms with Crippen molar-refractivity contribution in [2.75, 3.05) is 13.1 Å². The number of carbonyl (C=O) groups excluding carboxylic acids is 1. The lowest BCUT2D eigenvalue weighted by atomic mass is 10.1. The second kappa shape index (κ2) is 8.21. The maximum atomic E-state index is 11.8. The highest BCUT2D eigenvalue weighted by atomic mass is 16.1. The molecule has 0 spiro atoms. The Morgan fingerprint density at radius 1 is 1.14 bits per heavy atom. The predicted octanol–water partition coefficient (Wildman–Crippen LogP) is 3.87. The van der Waals surface area contributed by atoms with Gasteiger partial charge >= 0.3 is 0 Å². The first-order chi connectivity index (χ1) is 14.0. The molecule has 1 aliphatic heterocycles. The molecule has 1 aromatic heterocycles. The van der Waals surface area contributed by atoms with Gasteiger partial charge in [0.25, 0.3) is 0 Å². The molecule has 0 aliphatic carbocycles. The first-order valence-corrected chi connectivity index (χ1v) is 10.2. The summed E-state index contributed by atoms with van der Waals surface area (Å²) in [5, 5.41) is 7.99. The summed E-state index contributed by atoms with van der Waals surface area (Å²) in [4.78, 5) is 14.2. The van der Waals surface area contributed by atoms with Crippen LogP contribution in [0.2, 0.25) is 0 Å². The number of carbonyl (C=O) groups is 1. The summed E-state index contributed by atoms with van der Waals surface area (Å²) in [6.45, 7) is 8.61. The van der Waals surface area contributed by atoms with Gasteiger partial charge in [0.2, 0.25) is 5.91 Å². The van der Waals surface area contributed by atoms with Crippen LogP contribution in [0.3, 0.4) is 0 Å². The Morgan fingerprint density at radius 2 is 1.93 bits per heavy atom. The van der Waals surface area contributed by atoms with Crippen molar-refractivity contribution in [3.8, 4) is 16.9 Å². The van der Waals surface area contributed by atoms with Gasteiger partial charge in [-0.2, -0.15) is 5.10 Å². The number of nitrogens with zero attached hydrogens (tertiary/aromatic N) is 3. The van der Waals surface area contributed by atoms with Crippen LogP contribution < -0.4 is 5.32 Å². The highest BCUT2D eigenvalue weighted by Crippen LogP contribution is 2.27. The molecule has 3 aromatic rings. The molecular weight excluding hydrogens is 360 g/mol. The number of rotatable bonds is 4. The molecule has 1 N–H and O–H groups in total. The van der Waals surface area contributed by atoms with Crippen LogP contribution in [0.25, 0.3) is 16.9 Å². The van der Waals surface area contributed by atoms with Crippen molar-refractivity contribution >= 4 is 5.91 Å². The molecule has 1 saturated heterocycles. The second-order valence-electron chi connectivity index (χ2n) is 7.98. The van der Waals surface area contributed by atoms with Gasteiger partial charge in [-0.15, -0.1) is 0 Å². The first-order valence-electron chi connectivity index (χ1n) is 10.2. The summed E-state index contributed by atoms with van der Waals surface area (Å²) < 4.78 is 2.01. The molecule has 0 unspecified atom stereocenters. The fraction of sp³-hybridized carbons (Fsp3) is 0.333. The first kappa shape index (κ1) is 19.4. The molecule has 2 heterocycles. The van der Waals surface area contributed by atoms with Crippen molar-refractivity contribution < 1.29 is 4.79 Å². The van der Waals surface area contributed by atoms with Crippen molar-refractivity contribution in [3.05, 3.63) is 71.4 Å². The lowest BCUT2D eigenvalue weighted by Gasteiger charge is -2.26. The summed E-state index contributed by atoms with van der Waals surface area (Å²) in [5.41, 5.74) is 6.81. The Hall–Kier alpha value is -2.92. The summed E-state index contributed by atoms with van der Waals surface area (Å²) in [6.07, 6.45) is 2.69. The highest BCUT2D eigenvalue weighted by molar-refractivity contribution is 5.76. The molecule has 150 valence electrons. The van der Waals surface area contributed by atoms with Gasteiger partial charge in [0.15, 0.2) is 0 Å². The highest BCUT2D eigenvalue weighted by Gasteiger charge is 2.23. The van der Waals surface area contributed by atoms with Gasteiger partial charge in [0.1, 0.15) is 0 Å². The van der Waals surface area contributed by atoms with E-state index in [9.17, 15) is 4.79 Å². The molecular formula is C24H28N4O. The fourth-order valence-electron chi connectivity index (χ4n) is 3.85. The predicted molar refractivity (Wildman–Crippen MR) is 116 cm³/mol. The third-order valence-corrected chi connectivity index (χ3v) is 5.67. The number of amides is 1. The standard InChI is InChI=1S/C24H28N4O/c1-17-9-10-18(2)22(13-17)28-16-21(24(26-28)20-7-5-4-6-8-20)15-27-12-11-23(29)25-14-19(27)3/h4-10,13,16,19H,11-12,14-15H2,1-3H3,(H,25,29)/t19-/m1/s1. The summed E-state index contributed by atoms with van der Waals surface area (Å²) in [6, 6.07) is 17.1. The van der Waals surface area contributed by atoms with Crippen molar-refractivity contribution in [1.29, 1.82) is 0 Å². The van der Waals surface area contributed by atoms with E-state index in [0.29, 0.717) is 13.0 Å². The fourth-order valence-corrected chi connectivity index (χ4v) is 3.85. The Kier molecular flexibility index (Phi) is 5.49. The Bertz CT molecular complexity index is 1010. The smallest absolute Gasteiger partial charge is 0.221 e. The largest absolute Gasteiger partial charge is 0.355 e. The van der Waals surface area contributed by atoms with Crippen LogP contribution in [0, 0.1) is 13.8 Å². The third-order valence-electron chi connectivity index (χ3n) is 5.67. The molecule has 1 fully saturated rings. The zero-order valence-electron chi connectivity index (χ0n) is 17.4. The van der Waals surface area contributed by atoms with E-state index >= 15 is 0 Å². The van der Waals surface area contributed by atoms with E-state index in [2.05, 4.69) is 67.5 Å². The number of aryl methyl sites for hydroxylation is 2. The second-order valence-corrected chi connectivity index (χ2v) is 7.98. The Labute approximate surface area is 172 Å². The third kappa shape index (κ3) is 4.25. The van der Waals surface area contributed by atoms with Gasteiger partial charge in [-0.25, -0.2) is 4.68 Å². The van der Waals surface area contributed by atoms with Crippen LogP contribution in [0.4, 0.5) is 0 Å². The lowest BCUT2D eigenvalue weighted by Crippen LogP contribution is -2.37. The maximum Gasteiger partial charge on any atom is 0.221 e. The lowest BCUT2D eigenvalue weighted by molar-refractivity contribution is -0.120. The zero-order valence-corrected chi connectivity index (χ0v) is 17.4. The minimum absolute atomic E-state index is 0.133. The van der Waals surface area contributed by atoms with Gasteiger partial charge in [-0.1, -0.05) is 42.5 Å². The van der Waals surface area contributed by atoms with E-state index in [1.165, 1.54) is 16.7 Å². The molecule has 1 atom stereocenters. The molecule has 2 aromatic carbocycles. The molecule has 0 radical (unpaired) electrons. The zero-order chi connectivity index (χ0) is 20.4. The van der Waals surface area contributed by atoms with Gasteiger partial charge in [-0.3, -0.25) is 9.69 Å². The minimum Gasteiger partial charge on any atom is -0.355 e. The number of hydrogen-bond acceptors (Lipinski definition) is 3. The summed E-state index contributed by atoms with van der Waals surface area (Å²) in [7, 11) is 0. The topological polar surface area (TPSA) is 50.2 Å². The molecule has 1 amide bonds. The van der Waals surface area contributed by atoms with Crippen LogP contribution in [0.5, 0.6) is 0 Å². The summed E-state index contributed by atoms with van der Waals surface area (Å²) >= 11 is 0. The Morgan fingerprint density at radius 3 is 2.72 bits per heavy atom. The van der Waals surface area contributed by atoms with Crippen molar-refractivity contribution in [3.63, 3.8) is 0 Å². The maximum absolute atomic E-state index is 11.8. The van der Waals surface area contributed by atoms with Crippen LogP contribution in [0.15, 0.2) is 54.7 Å². The average Bonchev–Trinajstić information content (AvgIpc) is 3.08. The van der Waals surface area contributed by atoms with E-state index in [1.54, 1.807) is 0 Å². The van der Waals surface area contributed by atoms with E-state index < -0.39 is 0 Å². The minimum atomic E-state index is 0.133. The number of benzene rings is 2. The van der Waals surface area contributed by atoms with E-state index in [4.69, 9.17) is 5.10 Å². The Balaban J connectivity index is 1.74. The number of hydrogen-bond donors (Lipinski definition) is 1. The molecule has 1 aliphatic rings. The van der Waals surface area contributed by atoms with E-state index in [0.717, 1.165) is 30.0 Å². The van der Waals surface area contributed by atoms with Gasteiger partial charge < -0.3 is 5.32 Å². The molecule has 5 heteroatoms. The van der Waals surface area contributed by atoms with Crippen LogP contribution in [-0.4, -0.2) is 39.7 Å². The average molecular weight is 389 g/mol. The van der Waals surface area contributed by atoms with Gasteiger partial charge in [0.05, 0.1) is 11.4 Å². The van der Waals surface area contributed by atoms with E-state index in [-0.39, 0.29) is 11.9 Å². The van der Waals surface area contributed by atoms with Gasteiger partial charge in [-0.05, 0) is 38.0 Å². The molecule has 0 saturated carbocycles. The van der Waals surface area contributed by atoms with Crippen molar-refractivity contribution in [1.82, 2.24) is 20.0 Å².